The van der Waals surface area contributed by atoms with Gasteiger partial charge in [0.25, 0.3) is 0 Å². The van der Waals surface area contributed by atoms with Crippen LogP contribution in [-0.4, -0.2) is 9.97 Å². The molecule has 0 saturated carbocycles. The highest BCUT2D eigenvalue weighted by Crippen LogP contribution is 2.21. The summed E-state index contributed by atoms with van der Waals surface area (Å²) in [5.74, 6) is 1.79. The van der Waals surface area contributed by atoms with Gasteiger partial charge in [-0.05, 0) is 19.8 Å². The van der Waals surface area contributed by atoms with Crippen LogP contribution in [0.5, 0.6) is 0 Å². The van der Waals surface area contributed by atoms with Crippen LogP contribution in [0.15, 0.2) is 6.20 Å². The Morgan fingerprint density at radius 3 is 2.67 bits per heavy atom. The number of hydrogen-bond acceptors (Lipinski definition) is 1. The molecule has 0 bridgehead atoms. The lowest BCUT2D eigenvalue weighted by Crippen LogP contribution is -1.99. The normalized spacial score (nSPS) is 13.2. The van der Waals surface area contributed by atoms with Crippen molar-refractivity contribution in [2.45, 2.75) is 46.0 Å². The summed E-state index contributed by atoms with van der Waals surface area (Å²) in [5.41, 5.74) is 1.17. The zero-order valence-corrected chi connectivity index (χ0v) is 8.22. The molecule has 1 heterocycles. The number of nitrogens with zero attached hydrogens (tertiary/aromatic N) is 1. The smallest absolute Gasteiger partial charge is 0.109 e. The van der Waals surface area contributed by atoms with E-state index in [4.69, 9.17) is 0 Å². The summed E-state index contributed by atoms with van der Waals surface area (Å²) in [4.78, 5) is 7.65. The maximum atomic E-state index is 4.35. The molecule has 0 fully saturated rings. The summed E-state index contributed by atoms with van der Waals surface area (Å²) in [6.07, 6.45) is 5.57. The molecule has 0 spiro atoms. The molecule has 2 heteroatoms. The van der Waals surface area contributed by atoms with Gasteiger partial charge in [-0.1, -0.05) is 20.3 Å². The predicted molar refractivity (Wildman–Crippen MR) is 51.3 cm³/mol. The van der Waals surface area contributed by atoms with Gasteiger partial charge in [0.2, 0.25) is 0 Å². The maximum Gasteiger partial charge on any atom is 0.109 e. The van der Waals surface area contributed by atoms with E-state index < -0.39 is 0 Å². The lowest BCUT2D eigenvalue weighted by molar-refractivity contribution is 0.569. The number of hydrogen-bond donors (Lipinski definition) is 1. The summed E-state index contributed by atoms with van der Waals surface area (Å²) in [6.45, 7) is 6.49. The van der Waals surface area contributed by atoms with E-state index in [-0.39, 0.29) is 0 Å². The first-order chi connectivity index (χ1) is 5.77. The minimum absolute atomic E-state index is 0.628. The highest BCUT2D eigenvalue weighted by atomic mass is 14.9. The van der Waals surface area contributed by atoms with Crippen LogP contribution in [0.1, 0.15) is 50.5 Å². The quantitative estimate of drug-likeness (QED) is 0.731. The number of nitrogens with one attached hydrogen (secondary N) is 1. The van der Waals surface area contributed by atoms with Crippen LogP contribution in [0, 0.1) is 6.92 Å². The van der Waals surface area contributed by atoms with E-state index in [2.05, 4.69) is 30.7 Å². The molecule has 0 saturated heterocycles. The van der Waals surface area contributed by atoms with Crippen LogP contribution >= 0.6 is 0 Å². The molecule has 1 aromatic rings. The number of aryl methyl sites for hydroxylation is 1. The Morgan fingerprint density at radius 1 is 1.50 bits per heavy atom. The Kier molecular flexibility index (Phi) is 3.32. The molecule has 0 amide bonds. The van der Waals surface area contributed by atoms with Crippen LogP contribution in [0.4, 0.5) is 0 Å². The van der Waals surface area contributed by atoms with E-state index in [1.165, 1.54) is 25.0 Å². The fourth-order valence-electron chi connectivity index (χ4n) is 1.52. The van der Waals surface area contributed by atoms with Gasteiger partial charge in [0, 0.05) is 17.8 Å². The molecule has 12 heavy (non-hydrogen) atoms. The third-order valence-corrected chi connectivity index (χ3v) is 2.24. The van der Waals surface area contributed by atoms with Crippen molar-refractivity contribution >= 4 is 0 Å². The zero-order chi connectivity index (χ0) is 8.97. The van der Waals surface area contributed by atoms with E-state index in [1.807, 2.05) is 6.20 Å². The van der Waals surface area contributed by atoms with E-state index in [0.717, 1.165) is 5.82 Å². The van der Waals surface area contributed by atoms with Crippen molar-refractivity contribution in [2.24, 2.45) is 0 Å². The first-order valence-corrected chi connectivity index (χ1v) is 4.79. The molecule has 1 N–H and O–H groups in total. The molecule has 1 atom stereocenters. The van der Waals surface area contributed by atoms with Gasteiger partial charge in [-0.25, -0.2) is 4.98 Å². The molecule has 1 unspecified atom stereocenters. The topological polar surface area (TPSA) is 28.7 Å². The molecule has 0 aromatic carbocycles. The third kappa shape index (κ3) is 2.10. The lowest BCUT2D eigenvalue weighted by Gasteiger charge is -2.09. The molecule has 2 nitrogen and oxygen atoms in total. The van der Waals surface area contributed by atoms with Gasteiger partial charge in [-0.2, -0.15) is 0 Å². The van der Waals surface area contributed by atoms with Crippen molar-refractivity contribution < 1.29 is 0 Å². The minimum Gasteiger partial charge on any atom is -0.346 e. The van der Waals surface area contributed by atoms with Crippen LogP contribution in [0.3, 0.4) is 0 Å². The van der Waals surface area contributed by atoms with Crippen LogP contribution in [0.25, 0.3) is 0 Å². The Labute approximate surface area is 74.4 Å². The van der Waals surface area contributed by atoms with Crippen molar-refractivity contribution in [2.75, 3.05) is 0 Å². The van der Waals surface area contributed by atoms with Gasteiger partial charge < -0.3 is 4.98 Å². The molecule has 0 aliphatic rings. The molecule has 1 rings (SSSR count). The number of rotatable bonds is 4. The Balaban J connectivity index is 2.66. The van der Waals surface area contributed by atoms with Gasteiger partial charge in [-0.15, -0.1) is 0 Å². The summed E-state index contributed by atoms with van der Waals surface area (Å²) in [5, 5.41) is 0. The molecule has 1 aromatic heterocycles. The van der Waals surface area contributed by atoms with Gasteiger partial charge in [0.1, 0.15) is 5.82 Å². The highest BCUT2D eigenvalue weighted by molar-refractivity contribution is 5.03. The van der Waals surface area contributed by atoms with Gasteiger partial charge in [0.15, 0.2) is 0 Å². The molecule has 0 aliphatic carbocycles. The molecular formula is C10H18N2. The zero-order valence-electron chi connectivity index (χ0n) is 8.22. The van der Waals surface area contributed by atoms with Crippen molar-refractivity contribution in [3.8, 4) is 0 Å². The van der Waals surface area contributed by atoms with Gasteiger partial charge in [0.05, 0.1) is 0 Å². The minimum atomic E-state index is 0.628. The third-order valence-electron chi connectivity index (χ3n) is 2.24. The Morgan fingerprint density at radius 2 is 2.25 bits per heavy atom. The summed E-state index contributed by atoms with van der Waals surface area (Å²) >= 11 is 0. The predicted octanol–water partition coefficient (Wildman–Crippen LogP) is 3.01. The number of aromatic nitrogens is 2. The fraction of sp³-hybridized carbons (Fsp3) is 0.700. The van der Waals surface area contributed by atoms with Crippen LogP contribution in [-0.2, 0) is 0 Å². The van der Waals surface area contributed by atoms with Gasteiger partial charge >= 0.3 is 0 Å². The first kappa shape index (κ1) is 9.30. The number of H-pyrrole nitrogens is 1. The summed E-state index contributed by atoms with van der Waals surface area (Å²) in [7, 11) is 0. The monoisotopic (exact) mass is 166 g/mol. The average Bonchev–Trinajstić information content (AvgIpc) is 2.47. The molecule has 68 valence electrons. The number of imidazole rings is 1. The standard InChI is InChI=1S/C10H18N2/c1-4-6-9(5-2)10-11-7-8(3)12-10/h7,9H,4-6H2,1-3H3,(H,11,12). The SMILES string of the molecule is CCCC(CC)c1ncc(C)[nH]1. The second-order valence-electron chi connectivity index (χ2n) is 3.35. The molecule has 0 aliphatic heterocycles. The van der Waals surface area contributed by atoms with E-state index >= 15 is 0 Å². The number of aromatic amines is 1. The Bertz CT molecular complexity index is 227. The van der Waals surface area contributed by atoms with E-state index in [9.17, 15) is 0 Å². The van der Waals surface area contributed by atoms with E-state index in [1.54, 1.807) is 0 Å². The van der Waals surface area contributed by atoms with Crippen molar-refractivity contribution in [1.82, 2.24) is 9.97 Å². The maximum absolute atomic E-state index is 4.35. The molecule has 0 radical (unpaired) electrons. The highest BCUT2D eigenvalue weighted by Gasteiger charge is 2.10. The van der Waals surface area contributed by atoms with E-state index in [0.29, 0.717) is 5.92 Å². The molecular weight excluding hydrogens is 148 g/mol. The van der Waals surface area contributed by atoms with Gasteiger partial charge in [-0.3, -0.25) is 0 Å². The van der Waals surface area contributed by atoms with Crippen molar-refractivity contribution in [1.29, 1.82) is 0 Å². The van der Waals surface area contributed by atoms with Crippen molar-refractivity contribution in [3.05, 3.63) is 17.7 Å². The van der Waals surface area contributed by atoms with Crippen molar-refractivity contribution in [3.63, 3.8) is 0 Å². The summed E-state index contributed by atoms with van der Waals surface area (Å²) in [6, 6.07) is 0. The first-order valence-electron chi connectivity index (χ1n) is 4.79. The second-order valence-corrected chi connectivity index (χ2v) is 3.35. The second kappa shape index (κ2) is 4.29. The largest absolute Gasteiger partial charge is 0.346 e. The fourth-order valence-corrected chi connectivity index (χ4v) is 1.52. The Hall–Kier alpha value is -0.790. The summed E-state index contributed by atoms with van der Waals surface area (Å²) < 4.78 is 0. The average molecular weight is 166 g/mol. The van der Waals surface area contributed by atoms with Crippen LogP contribution in [0.2, 0.25) is 0 Å². The lowest BCUT2D eigenvalue weighted by atomic mass is 10.0. The van der Waals surface area contributed by atoms with Crippen LogP contribution < -0.4 is 0 Å².